The summed E-state index contributed by atoms with van der Waals surface area (Å²) in [5, 5.41) is 0. The smallest absolute Gasteiger partial charge is 0.214 e. The van der Waals surface area contributed by atoms with Crippen LogP contribution in [-0.4, -0.2) is 61.9 Å². The predicted octanol–water partition coefficient (Wildman–Crippen LogP) is 1.79. The molecular formula is C17H26N2O3S. The Morgan fingerprint density at radius 1 is 1.04 bits per heavy atom. The Kier molecular flexibility index (Phi) is 6.33. The van der Waals surface area contributed by atoms with Gasteiger partial charge in [0.05, 0.1) is 12.3 Å². The number of carbonyl (C=O) groups is 1. The molecule has 1 aliphatic rings. The maximum atomic E-state index is 12.3. The van der Waals surface area contributed by atoms with Crippen LogP contribution in [0, 0.1) is 0 Å². The van der Waals surface area contributed by atoms with Gasteiger partial charge in [-0.3, -0.25) is 9.69 Å². The minimum atomic E-state index is -3.12. The van der Waals surface area contributed by atoms with Crippen LogP contribution in [-0.2, 0) is 16.4 Å². The molecule has 1 saturated heterocycles. The number of ketones is 1. The Morgan fingerprint density at radius 3 is 2.17 bits per heavy atom. The van der Waals surface area contributed by atoms with Crippen molar-refractivity contribution in [2.24, 2.45) is 0 Å². The molecule has 0 aromatic heterocycles. The Morgan fingerprint density at radius 2 is 1.65 bits per heavy atom. The first kappa shape index (κ1) is 18.1. The van der Waals surface area contributed by atoms with E-state index < -0.39 is 10.0 Å². The van der Waals surface area contributed by atoms with Crippen molar-refractivity contribution in [3.8, 4) is 0 Å². The number of nitrogens with zero attached hydrogens (tertiary/aromatic N) is 2. The van der Waals surface area contributed by atoms with Crippen LogP contribution in [0.5, 0.6) is 0 Å². The van der Waals surface area contributed by atoms with Crippen molar-refractivity contribution in [1.82, 2.24) is 9.21 Å². The van der Waals surface area contributed by atoms with Crippen LogP contribution in [0.3, 0.4) is 0 Å². The highest BCUT2D eigenvalue weighted by Gasteiger charge is 2.26. The number of Topliss-reactive ketones (excluding diaryl/α,β-unsaturated/α-hetero) is 1. The van der Waals surface area contributed by atoms with E-state index in [1.165, 1.54) is 5.56 Å². The first-order valence-corrected chi connectivity index (χ1v) is 9.89. The number of piperazine rings is 1. The zero-order valence-corrected chi connectivity index (χ0v) is 14.8. The minimum absolute atomic E-state index is 0.0949. The van der Waals surface area contributed by atoms with Gasteiger partial charge in [0.15, 0.2) is 5.78 Å². The molecular weight excluding hydrogens is 312 g/mol. The van der Waals surface area contributed by atoms with Crippen molar-refractivity contribution in [2.45, 2.75) is 26.7 Å². The van der Waals surface area contributed by atoms with Gasteiger partial charge < -0.3 is 0 Å². The molecule has 2 rings (SSSR count). The van der Waals surface area contributed by atoms with Gasteiger partial charge in [0.25, 0.3) is 0 Å². The van der Waals surface area contributed by atoms with Gasteiger partial charge in [0.1, 0.15) is 0 Å². The zero-order valence-electron chi connectivity index (χ0n) is 14.0. The number of carbonyl (C=O) groups excluding carboxylic acids is 1. The van der Waals surface area contributed by atoms with E-state index >= 15 is 0 Å². The molecule has 0 aliphatic carbocycles. The molecule has 1 aliphatic heterocycles. The van der Waals surface area contributed by atoms with Gasteiger partial charge in [0.2, 0.25) is 10.0 Å². The van der Waals surface area contributed by atoms with E-state index in [1.54, 1.807) is 4.31 Å². The fourth-order valence-corrected chi connectivity index (χ4v) is 4.27. The number of sulfonamides is 1. The van der Waals surface area contributed by atoms with E-state index in [0.29, 0.717) is 39.1 Å². The van der Waals surface area contributed by atoms with Crippen molar-refractivity contribution in [2.75, 3.05) is 38.5 Å². The monoisotopic (exact) mass is 338 g/mol. The van der Waals surface area contributed by atoms with Gasteiger partial charge in [-0.2, -0.15) is 4.31 Å². The van der Waals surface area contributed by atoms with Crippen LogP contribution in [0.1, 0.15) is 36.2 Å². The van der Waals surface area contributed by atoms with Crippen molar-refractivity contribution >= 4 is 15.8 Å². The van der Waals surface area contributed by atoms with Crippen LogP contribution in [0.4, 0.5) is 0 Å². The van der Waals surface area contributed by atoms with Gasteiger partial charge >= 0.3 is 0 Å². The molecule has 0 unspecified atom stereocenters. The lowest BCUT2D eigenvalue weighted by Crippen LogP contribution is -2.50. The summed E-state index contributed by atoms with van der Waals surface area (Å²) in [4.78, 5) is 14.4. The fourth-order valence-electron chi connectivity index (χ4n) is 2.77. The first-order valence-electron chi connectivity index (χ1n) is 8.28. The number of hydrogen-bond donors (Lipinski definition) is 0. The molecule has 0 spiro atoms. The summed E-state index contributed by atoms with van der Waals surface area (Å²) in [6, 6.07) is 7.73. The second kappa shape index (κ2) is 8.04. The first-order chi connectivity index (χ1) is 11.0. The topological polar surface area (TPSA) is 57.7 Å². The number of rotatable bonds is 7. The number of benzene rings is 1. The van der Waals surface area contributed by atoms with Crippen molar-refractivity contribution in [3.63, 3.8) is 0 Å². The van der Waals surface area contributed by atoms with Crippen LogP contribution in [0.25, 0.3) is 0 Å². The second-order valence-electron chi connectivity index (χ2n) is 5.96. The van der Waals surface area contributed by atoms with Gasteiger partial charge in [-0.1, -0.05) is 38.1 Å². The van der Waals surface area contributed by atoms with E-state index in [2.05, 4.69) is 6.92 Å². The van der Waals surface area contributed by atoms with Crippen molar-refractivity contribution in [1.29, 1.82) is 0 Å². The van der Waals surface area contributed by atoms with E-state index in [0.717, 1.165) is 12.0 Å². The van der Waals surface area contributed by atoms with Crippen LogP contribution >= 0.6 is 0 Å². The summed E-state index contributed by atoms with van der Waals surface area (Å²) in [6.07, 6.45) is 1.59. The summed E-state index contributed by atoms with van der Waals surface area (Å²) >= 11 is 0. The summed E-state index contributed by atoms with van der Waals surface area (Å²) in [7, 11) is -3.12. The van der Waals surface area contributed by atoms with E-state index in [-0.39, 0.29) is 11.5 Å². The molecule has 128 valence electrons. The third-order valence-electron chi connectivity index (χ3n) is 4.24. The van der Waals surface area contributed by atoms with Crippen molar-refractivity contribution in [3.05, 3.63) is 35.4 Å². The number of aryl methyl sites for hydroxylation is 1. The molecule has 1 fully saturated rings. The summed E-state index contributed by atoms with van der Waals surface area (Å²) in [6.45, 7) is 6.49. The van der Waals surface area contributed by atoms with E-state index in [4.69, 9.17) is 0 Å². The maximum absolute atomic E-state index is 12.3. The summed E-state index contributed by atoms with van der Waals surface area (Å²) in [5.74, 6) is 0.299. The molecule has 0 radical (unpaired) electrons. The lowest BCUT2D eigenvalue weighted by atomic mass is 10.1. The van der Waals surface area contributed by atoms with Crippen molar-refractivity contribution < 1.29 is 13.2 Å². The molecule has 5 nitrogen and oxygen atoms in total. The third-order valence-corrected chi connectivity index (χ3v) is 6.31. The molecule has 1 aromatic rings. The highest BCUT2D eigenvalue weighted by Crippen LogP contribution is 2.11. The normalized spacial score (nSPS) is 17.3. The molecule has 23 heavy (non-hydrogen) atoms. The van der Waals surface area contributed by atoms with Gasteiger partial charge in [-0.15, -0.1) is 0 Å². The third kappa shape index (κ3) is 4.86. The largest absolute Gasteiger partial charge is 0.293 e. The molecule has 0 saturated carbocycles. The van der Waals surface area contributed by atoms with Crippen LogP contribution in [0.2, 0.25) is 0 Å². The molecule has 1 heterocycles. The van der Waals surface area contributed by atoms with Gasteiger partial charge in [-0.25, -0.2) is 8.42 Å². The molecule has 0 atom stereocenters. The Labute approximate surface area is 139 Å². The average Bonchev–Trinajstić information content (AvgIpc) is 2.55. The molecule has 0 N–H and O–H groups in total. The zero-order chi connectivity index (χ0) is 16.9. The lowest BCUT2D eigenvalue weighted by Gasteiger charge is -2.33. The Hall–Kier alpha value is -1.24. The average molecular weight is 338 g/mol. The fraction of sp³-hybridized carbons (Fsp3) is 0.588. The second-order valence-corrected chi connectivity index (χ2v) is 8.05. The highest BCUT2D eigenvalue weighted by atomic mass is 32.2. The molecule has 6 heteroatoms. The SMILES string of the molecule is CCCS(=O)(=O)N1CCN(CC(=O)c2ccc(CC)cc2)CC1. The maximum Gasteiger partial charge on any atom is 0.214 e. The quantitative estimate of drug-likeness (QED) is 0.711. The van der Waals surface area contributed by atoms with Crippen LogP contribution < -0.4 is 0 Å². The van der Waals surface area contributed by atoms with E-state index in [9.17, 15) is 13.2 Å². The summed E-state index contributed by atoms with van der Waals surface area (Å²) in [5.41, 5.74) is 1.94. The molecule has 0 bridgehead atoms. The standard InChI is InChI=1S/C17H26N2O3S/c1-3-13-23(21,22)19-11-9-18(10-12-19)14-17(20)16-7-5-15(4-2)6-8-16/h5-8H,3-4,9-14H2,1-2H3. The number of hydrogen-bond acceptors (Lipinski definition) is 4. The Balaban J connectivity index is 1.87. The lowest BCUT2D eigenvalue weighted by molar-refractivity contribution is 0.0901. The van der Waals surface area contributed by atoms with Crippen LogP contribution in [0.15, 0.2) is 24.3 Å². The Bertz CT molecular complexity index is 618. The van der Waals surface area contributed by atoms with Gasteiger partial charge in [-0.05, 0) is 18.4 Å². The minimum Gasteiger partial charge on any atom is -0.293 e. The van der Waals surface area contributed by atoms with E-state index in [1.807, 2.05) is 36.1 Å². The predicted molar refractivity (Wildman–Crippen MR) is 92.2 cm³/mol. The highest BCUT2D eigenvalue weighted by molar-refractivity contribution is 7.89. The molecule has 1 aromatic carbocycles. The summed E-state index contributed by atoms with van der Waals surface area (Å²) < 4.78 is 25.6. The molecule has 0 amide bonds. The van der Waals surface area contributed by atoms with Gasteiger partial charge in [0, 0.05) is 31.7 Å².